The van der Waals surface area contributed by atoms with Crippen LogP contribution >= 0.6 is 0 Å². The molecule has 0 saturated carbocycles. The van der Waals surface area contributed by atoms with Gasteiger partial charge in [-0.2, -0.15) is 0 Å². The molecule has 2 heterocycles. The van der Waals surface area contributed by atoms with Crippen LogP contribution in [-0.2, 0) is 4.74 Å². The van der Waals surface area contributed by atoms with Crippen LogP contribution < -0.4 is 4.90 Å². The molecule has 0 aromatic carbocycles. The topological polar surface area (TPSA) is 62.9 Å². The summed E-state index contributed by atoms with van der Waals surface area (Å²) in [6.45, 7) is 9.40. The standard InChI is InChI=1S/C13H19NO4/c1-12(2)7-14(8-13(3,4)18-12)10-6-5-9(17-10)11(15)16/h5-6H,7-8H2,1-4H3,(H,15,16). The maximum Gasteiger partial charge on any atom is 0.371 e. The van der Waals surface area contributed by atoms with E-state index in [2.05, 4.69) is 0 Å². The molecule has 2 rings (SSSR count). The molecule has 1 fully saturated rings. The average Bonchev–Trinajstić information content (AvgIpc) is 2.60. The Morgan fingerprint density at radius 1 is 1.22 bits per heavy atom. The van der Waals surface area contributed by atoms with Crippen LogP contribution in [0.4, 0.5) is 5.88 Å². The van der Waals surface area contributed by atoms with Crippen molar-refractivity contribution in [3.8, 4) is 0 Å². The molecule has 1 saturated heterocycles. The summed E-state index contributed by atoms with van der Waals surface area (Å²) in [6.07, 6.45) is 0. The Kier molecular flexibility index (Phi) is 2.89. The van der Waals surface area contributed by atoms with E-state index in [9.17, 15) is 4.79 Å². The van der Waals surface area contributed by atoms with E-state index < -0.39 is 5.97 Å². The van der Waals surface area contributed by atoms with Crippen molar-refractivity contribution < 1.29 is 19.1 Å². The van der Waals surface area contributed by atoms with Crippen LogP contribution in [-0.4, -0.2) is 35.4 Å². The lowest BCUT2D eigenvalue weighted by Crippen LogP contribution is -2.57. The lowest BCUT2D eigenvalue weighted by molar-refractivity contribution is -0.133. The Morgan fingerprint density at radius 3 is 2.22 bits per heavy atom. The molecule has 100 valence electrons. The molecule has 0 unspecified atom stereocenters. The first-order chi connectivity index (χ1) is 8.19. The van der Waals surface area contributed by atoms with Gasteiger partial charge in [-0.3, -0.25) is 0 Å². The molecule has 5 nitrogen and oxygen atoms in total. The molecule has 0 radical (unpaired) electrons. The second-order valence-electron chi connectivity index (χ2n) is 5.92. The van der Waals surface area contributed by atoms with Gasteiger partial charge < -0.3 is 19.2 Å². The SMILES string of the molecule is CC1(C)CN(c2ccc(C(=O)O)o2)CC(C)(C)O1. The van der Waals surface area contributed by atoms with Gasteiger partial charge in [0.15, 0.2) is 5.88 Å². The monoisotopic (exact) mass is 253 g/mol. The third-order valence-electron chi connectivity index (χ3n) is 2.81. The van der Waals surface area contributed by atoms with Crippen molar-refractivity contribution in [3.63, 3.8) is 0 Å². The predicted octanol–water partition coefficient (Wildman–Crippen LogP) is 2.37. The summed E-state index contributed by atoms with van der Waals surface area (Å²) in [5.74, 6) is -0.503. The second-order valence-corrected chi connectivity index (χ2v) is 5.92. The molecule has 0 aliphatic carbocycles. The van der Waals surface area contributed by atoms with Crippen LogP contribution in [0.5, 0.6) is 0 Å². The maximum absolute atomic E-state index is 10.8. The van der Waals surface area contributed by atoms with Gasteiger partial charge in [-0.15, -0.1) is 0 Å². The molecular formula is C13H19NO4. The summed E-state index contributed by atoms with van der Waals surface area (Å²) in [4.78, 5) is 12.8. The first-order valence-corrected chi connectivity index (χ1v) is 5.97. The van der Waals surface area contributed by atoms with Crippen molar-refractivity contribution in [2.75, 3.05) is 18.0 Å². The van der Waals surface area contributed by atoms with E-state index in [1.807, 2.05) is 32.6 Å². The Hall–Kier alpha value is -1.49. The summed E-state index contributed by atoms with van der Waals surface area (Å²) in [7, 11) is 0. The Labute approximate surface area is 106 Å². The number of hydrogen-bond acceptors (Lipinski definition) is 4. The fourth-order valence-corrected chi connectivity index (χ4v) is 2.56. The summed E-state index contributed by atoms with van der Waals surface area (Å²) in [5.41, 5.74) is -0.587. The average molecular weight is 253 g/mol. The zero-order valence-electron chi connectivity index (χ0n) is 11.2. The number of aromatic carboxylic acids is 1. The van der Waals surface area contributed by atoms with Gasteiger partial charge in [-0.1, -0.05) is 0 Å². The van der Waals surface area contributed by atoms with Gasteiger partial charge in [-0.05, 0) is 33.8 Å². The molecular weight excluding hydrogens is 234 g/mol. The van der Waals surface area contributed by atoms with E-state index >= 15 is 0 Å². The minimum atomic E-state index is -1.05. The van der Waals surface area contributed by atoms with Crippen molar-refractivity contribution in [1.29, 1.82) is 0 Å². The van der Waals surface area contributed by atoms with Crippen LogP contribution in [0.3, 0.4) is 0 Å². The van der Waals surface area contributed by atoms with E-state index in [0.29, 0.717) is 19.0 Å². The molecule has 0 spiro atoms. The number of anilines is 1. The molecule has 1 aromatic rings. The zero-order valence-corrected chi connectivity index (χ0v) is 11.2. The minimum Gasteiger partial charge on any atom is -0.475 e. The summed E-state index contributed by atoms with van der Waals surface area (Å²) in [5, 5.41) is 8.86. The first-order valence-electron chi connectivity index (χ1n) is 5.97. The Bertz CT molecular complexity index is 445. The number of hydrogen-bond donors (Lipinski definition) is 1. The van der Waals surface area contributed by atoms with Gasteiger partial charge in [0.25, 0.3) is 0 Å². The van der Waals surface area contributed by atoms with E-state index in [1.165, 1.54) is 6.07 Å². The normalized spacial score (nSPS) is 21.9. The quantitative estimate of drug-likeness (QED) is 0.876. The smallest absolute Gasteiger partial charge is 0.371 e. The van der Waals surface area contributed by atoms with Crippen LogP contribution in [0, 0.1) is 0 Å². The molecule has 1 aliphatic rings. The van der Waals surface area contributed by atoms with Gasteiger partial charge >= 0.3 is 5.97 Å². The first kappa shape index (κ1) is 13.0. The van der Waals surface area contributed by atoms with E-state index in [-0.39, 0.29) is 17.0 Å². The number of ether oxygens (including phenoxy) is 1. The highest BCUT2D eigenvalue weighted by Gasteiger charge is 2.39. The van der Waals surface area contributed by atoms with E-state index in [4.69, 9.17) is 14.3 Å². The Balaban J connectivity index is 2.24. The van der Waals surface area contributed by atoms with Crippen molar-refractivity contribution in [2.45, 2.75) is 38.9 Å². The third-order valence-corrected chi connectivity index (χ3v) is 2.81. The third kappa shape index (κ3) is 2.67. The summed E-state index contributed by atoms with van der Waals surface area (Å²) >= 11 is 0. The van der Waals surface area contributed by atoms with Gasteiger partial charge in [-0.25, -0.2) is 4.79 Å². The molecule has 1 aliphatic heterocycles. The zero-order chi connectivity index (χ0) is 13.6. The molecule has 18 heavy (non-hydrogen) atoms. The van der Waals surface area contributed by atoms with Crippen molar-refractivity contribution in [3.05, 3.63) is 17.9 Å². The highest BCUT2D eigenvalue weighted by molar-refractivity contribution is 5.84. The number of furan rings is 1. The number of nitrogens with zero attached hydrogens (tertiary/aromatic N) is 1. The van der Waals surface area contributed by atoms with Crippen molar-refractivity contribution >= 4 is 11.9 Å². The fourth-order valence-electron chi connectivity index (χ4n) is 2.56. The van der Waals surface area contributed by atoms with Gasteiger partial charge in [0.2, 0.25) is 5.76 Å². The van der Waals surface area contributed by atoms with Crippen LogP contribution in [0.2, 0.25) is 0 Å². The number of rotatable bonds is 2. The molecule has 1 aromatic heterocycles. The molecule has 0 atom stereocenters. The van der Waals surface area contributed by atoms with Crippen molar-refractivity contribution in [1.82, 2.24) is 0 Å². The molecule has 1 N–H and O–H groups in total. The van der Waals surface area contributed by atoms with Gasteiger partial charge in [0.05, 0.1) is 11.2 Å². The Morgan fingerprint density at radius 2 is 1.78 bits per heavy atom. The van der Waals surface area contributed by atoms with E-state index in [0.717, 1.165) is 0 Å². The highest BCUT2D eigenvalue weighted by Crippen LogP contribution is 2.32. The maximum atomic E-state index is 10.8. The van der Waals surface area contributed by atoms with Gasteiger partial charge in [0, 0.05) is 19.2 Å². The number of morpholine rings is 1. The van der Waals surface area contributed by atoms with Crippen LogP contribution in [0.25, 0.3) is 0 Å². The number of carboxylic acids is 1. The largest absolute Gasteiger partial charge is 0.475 e. The van der Waals surface area contributed by atoms with Crippen molar-refractivity contribution in [2.24, 2.45) is 0 Å². The molecule has 0 bridgehead atoms. The lowest BCUT2D eigenvalue weighted by Gasteiger charge is -2.47. The fraction of sp³-hybridized carbons (Fsp3) is 0.615. The molecule has 5 heteroatoms. The van der Waals surface area contributed by atoms with Crippen LogP contribution in [0.15, 0.2) is 16.5 Å². The highest BCUT2D eigenvalue weighted by atomic mass is 16.5. The predicted molar refractivity (Wildman–Crippen MR) is 67.1 cm³/mol. The van der Waals surface area contributed by atoms with Crippen LogP contribution in [0.1, 0.15) is 38.2 Å². The number of carboxylic acid groups (broad SMARTS) is 1. The number of carbonyl (C=O) groups is 1. The second kappa shape index (κ2) is 4.02. The molecule has 0 amide bonds. The minimum absolute atomic E-state index is 0.0351. The van der Waals surface area contributed by atoms with E-state index in [1.54, 1.807) is 6.07 Å². The summed E-state index contributed by atoms with van der Waals surface area (Å²) < 4.78 is 11.3. The summed E-state index contributed by atoms with van der Waals surface area (Å²) in [6, 6.07) is 3.17. The van der Waals surface area contributed by atoms with Gasteiger partial charge in [0.1, 0.15) is 0 Å². The lowest BCUT2D eigenvalue weighted by atomic mass is 9.99.